The maximum Gasteiger partial charge on any atom is 0.266 e. The van der Waals surface area contributed by atoms with Gasteiger partial charge in [-0.1, -0.05) is 41.4 Å². The summed E-state index contributed by atoms with van der Waals surface area (Å²) >= 11 is 12.2. The smallest absolute Gasteiger partial charge is 0.266 e. The van der Waals surface area contributed by atoms with Crippen molar-refractivity contribution in [3.05, 3.63) is 82.3 Å². The number of nitrogens with zero attached hydrogens (tertiary/aromatic N) is 2. The first kappa shape index (κ1) is 22.5. The molecule has 0 unspecified atom stereocenters. The summed E-state index contributed by atoms with van der Waals surface area (Å²) in [7, 11) is 3.11. The molecule has 0 bridgehead atoms. The minimum atomic E-state index is -1.02. The molecule has 2 aliphatic heterocycles. The average molecular weight is 499 g/mol. The van der Waals surface area contributed by atoms with Gasteiger partial charge in [0.05, 0.1) is 35.6 Å². The van der Waals surface area contributed by atoms with E-state index in [9.17, 15) is 9.59 Å². The minimum Gasteiger partial charge on any atom is -0.497 e. The summed E-state index contributed by atoms with van der Waals surface area (Å²) < 4.78 is 11.0. The molecule has 5 rings (SSSR count). The van der Waals surface area contributed by atoms with E-state index in [0.29, 0.717) is 33.5 Å². The van der Waals surface area contributed by atoms with Crippen LogP contribution < -0.4 is 19.4 Å². The van der Waals surface area contributed by atoms with Crippen LogP contribution in [0.3, 0.4) is 0 Å². The third-order valence-electron chi connectivity index (χ3n) is 6.04. The molecule has 0 N–H and O–H groups in total. The highest BCUT2D eigenvalue weighted by molar-refractivity contribution is 6.42. The van der Waals surface area contributed by atoms with Gasteiger partial charge in [-0.2, -0.15) is 0 Å². The largest absolute Gasteiger partial charge is 0.497 e. The van der Waals surface area contributed by atoms with Crippen molar-refractivity contribution in [3.8, 4) is 11.5 Å². The summed E-state index contributed by atoms with van der Waals surface area (Å²) in [5.41, 5.74) is 1.70. The number of benzene rings is 3. The van der Waals surface area contributed by atoms with Gasteiger partial charge in [-0.25, -0.2) is 9.96 Å². The fraction of sp³-hybridized carbons (Fsp3) is 0.200. The second-order valence-electron chi connectivity index (χ2n) is 7.88. The zero-order valence-electron chi connectivity index (χ0n) is 18.3. The number of fused-ring (bicyclic) bond motifs is 1. The van der Waals surface area contributed by atoms with Crippen LogP contribution in [0.25, 0.3) is 0 Å². The van der Waals surface area contributed by atoms with Crippen molar-refractivity contribution in [2.24, 2.45) is 5.92 Å². The van der Waals surface area contributed by atoms with Crippen molar-refractivity contribution in [3.63, 3.8) is 0 Å². The van der Waals surface area contributed by atoms with Crippen LogP contribution in [-0.2, 0) is 14.4 Å². The molecule has 2 heterocycles. The summed E-state index contributed by atoms with van der Waals surface area (Å²) in [6.07, 6.45) is -1.02. The molecule has 3 aromatic carbocycles. The molecule has 2 saturated heterocycles. The number of hydrogen-bond acceptors (Lipinski definition) is 6. The van der Waals surface area contributed by atoms with Crippen LogP contribution in [0.4, 0.5) is 11.4 Å². The third kappa shape index (κ3) is 3.57. The summed E-state index contributed by atoms with van der Waals surface area (Å²) in [5, 5.41) is 2.18. The van der Waals surface area contributed by atoms with Gasteiger partial charge >= 0.3 is 0 Å². The fourth-order valence-corrected chi connectivity index (χ4v) is 4.77. The number of methoxy groups -OCH3 is 2. The summed E-state index contributed by atoms with van der Waals surface area (Å²) in [5.74, 6) is -0.571. The Morgan fingerprint density at radius 3 is 2.26 bits per heavy atom. The molecule has 0 saturated carbocycles. The molecule has 0 aromatic heterocycles. The normalized spacial score (nSPS) is 21.7. The van der Waals surface area contributed by atoms with Crippen LogP contribution in [0.1, 0.15) is 11.6 Å². The molecule has 34 heavy (non-hydrogen) atoms. The first-order chi connectivity index (χ1) is 16.4. The Kier molecular flexibility index (Phi) is 5.85. The molecule has 174 valence electrons. The van der Waals surface area contributed by atoms with Crippen LogP contribution in [0.2, 0.25) is 10.0 Å². The first-order valence-electron chi connectivity index (χ1n) is 10.5. The lowest BCUT2D eigenvalue weighted by molar-refractivity contribution is -0.126. The van der Waals surface area contributed by atoms with Gasteiger partial charge in [0.25, 0.3) is 5.91 Å². The van der Waals surface area contributed by atoms with Crippen molar-refractivity contribution in [2.45, 2.75) is 12.1 Å². The molecule has 9 heteroatoms. The number of ether oxygens (including phenoxy) is 2. The second kappa shape index (κ2) is 8.83. The molecule has 2 fully saturated rings. The third-order valence-corrected chi connectivity index (χ3v) is 6.78. The number of carbonyl (C=O) groups is 2. The standard InChI is InChI=1S/C25H20Cl2N2O5/c1-32-16-9-11-20(33-2)17(13-16)22-21-23(34-29(22)14-6-4-3-5-7-14)25(31)28(24(21)30)15-8-10-18(26)19(27)12-15/h3-13,21-23H,1-2H3/t21-,22+,23-/m0/s1. The van der Waals surface area contributed by atoms with Gasteiger partial charge in [-0.05, 0) is 48.5 Å². The zero-order valence-corrected chi connectivity index (χ0v) is 19.8. The summed E-state index contributed by atoms with van der Waals surface area (Å²) in [4.78, 5) is 34.5. The summed E-state index contributed by atoms with van der Waals surface area (Å²) in [6.45, 7) is 0. The van der Waals surface area contributed by atoms with Gasteiger partial charge in [-0.3, -0.25) is 14.4 Å². The molecular formula is C25H20Cl2N2O5. The van der Waals surface area contributed by atoms with Gasteiger partial charge < -0.3 is 9.47 Å². The van der Waals surface area contributed by atoms with E-state index < -0.39 is 29.9 Å². The van der Waals surface area contributed by atoms with Gasteiger partial charge in [0, 0.05) is 5.56 Å². The lowest BCUT2D eigenvalue weighted by Gasteiger charge is -2.29. The van der Waals surface area contributed by atoms with E-state index in [2.05, 4.69) is 0 Å². The number of hydroxylamine groups is 1. The average Bonchev–Trinajstić information content (AvgIpc) is 3.37. The molecular weight excluding hydrogens is 479 g/mol. The highest BCUT2D eigenvalue weighted by Crippen LogP contribution is 2.50. The molecule has 0 radical (unpaired) electrons. The number of rotatable bonds is 5. The first-order valence-corrected chi connectivity index (χ1v) is 11.3. The van der Waals surface area contributed by atoms with Crippen molar-refractivity contribution in [1.29, 1.82) is 0 Å². The van der Waals surface area contributed by atoms with Crippen molar-refractivity contribution in [1.82, 2.24) is 0 Å². The lowest BCUT2D eigenvalue weighted by atomic mass is 9.89. The number of para-hydroxylation sites is 1. The predicted molar refractivity (Wildman–Crippen MR) is 129 cm³/mol. The number of hydrogen-bond donors (Lipinski definition) is 0. The van der Waals surface area contributed by atoms with Crippen LogP contribution >= 0.6 is 23.2 Å². The van der Waals surface area contributed by atoms with Crippen LogP contribution in [0, 0.1) is 5.92 Å². The highest BCUT2D eigenvalue weighted by atomic mass is 35.5. The number of carbonyl (C=O) groups excluding carboxylic acids is 2. The van der Waals surface area contributed by atoms with E-state index in [1.165, 1.54) is 6.07 Å². The Labute approximate surface area is 206 Å². The zero-order chi connectivity index (χ0) is 24.0. The Bertz CT molecular complexity index is 1270. The molecule has 3 aromatic rings. The Morgan fingerprint density at radius 2 is 1.59 bits per heavy atom. The van der Waals surface area contributed by atoms with E-state index in [0.717, 1.165) is 4.90 Å². The molecule has 2 amide bonds. The lowest BCUT2D eigenvalue weighted by Crippen LogP contribution is -2.37. The Balaban J connectivity index is 1.64. The van der Waals surface area contributed by atoms with Crippen molar-refractivity contribution < 1.29 is 23.9 Å². The molecule has 0 spiro atoms. The molecule has 3 atom stereocenters. The topological polar surface area (TPSA) is 68.3 Å². The molecule has 0 aliphatic carbocycles. The van der Waals surface area contributed by atoms with Gasteiger partial charge in [0.2, 0.25) is 5.91 Å². The Hall–Kier alpha value is -3.26. The maximum absolute atomic E-state index is 13.8. The number of anilines is 2. The summed E-state index contributed by atoms with van der Waals surface area (Å²) in [6, 6.07) is 18.6. The highest BCUT2D eigenvalue weighted by Gasteiger charge is 2.60. The van der Waals surface area contributed by atoms with Crippen molar-refractivity contribution >= 4 is 46.4 Å². The number of halogens is 2. The van der Waals surface area contributed by atoms with E-state index in [4.69, 9.17) is 37.5 Å². The number of imide groups is 1. The maximum atomic E-state index is 13.8. The van der Waals surface area contributed by atoms with Crippen LogP contribution in [0.15, 0.2) is 66.7 Å². The molecule has 2 aliphatic rings. The minimum absolute atomic E-state index is 0.245. The second-order valence-corrected chi connectivity index (χ2v) is 8.69. The SMILES string of the molecule is COc1ccc(OC)c([C@@H]2[C@@H]3C(=O)N(c4ccc(Cl)c(Cl)c4)C(=O)[C@H]3ON2c2ccccc2)c1. The Morgan fingerprint density at radius 1 is 0.824 bits per heavy atom. The van der Waals surface area contributed by atoms with E-state index in [-0.39, 0.29) is 5.02 Å². The van der Waals surface area contributed by atoms with E-state index in [1.54, 1.807) is 49.6 Å². The molecule has 7 nitrogen and oxygen atoms in total. The van der Waals surface area contributed by atoms with Gasteiger partial charge in [-0.15, -0.1) is 0 Å². The monoisotopic (exact) mass is 498 g/mol. The van der Waals surface area contributed by atoms with E-state index >= 15 is 0 Å². The van der Waals surface area contributed by atoms with Crippen LogP contribution in [0.5, 0.6) is 11.5 Å². The number of amides is 2. The quantitative estimate of drug-likeness (QED) is 0.458. The van der Waals surface area contributed by atoms with Gasteiger partial charge in [0.15, 0.2) is 6.10 Å². The fourth-order valence-electron chi connectivity index (χ4n) is 4.48. The predicted octanol–water partition coefficient (Wildman–Crippen LogP) is 5.06. The van der Waals surface area contributed by atoms with E-state index in [1.807, 2.05) is 30.3 Å². The van der Waals surface area contributed by atoms with Crippen molar-refractivity contribution in [2.75, 3.05) is 24.2 Å². The van der Waals surface area contributed by atoms with Crippen LogP contribution in [-0.4, -0.2) is 32.1 Å². The van der Waals surface area contributed by atoms with Gasteiger partial charge in [0.1, 0.15) is 23.5 Å².